The van der Waals surface area contributed by atoms with E-state index < -0.39 is 25.1 Å². The molecule has 0 heterocycles. The van der Waals surface area contributed by atoms with Gasteiger partial charge in [-0.3, -0.25) is 0 Å². The normalized spacial score (nSPS) is 23.4. The number of ether oxygens (including phenoxy) is 1. The molecule has 1 aromatic rings. The average Bonchev–Trinajstić information content (AvgIpc) is 2.46. The van der Waals surface area contributed by atoms with Crippen molar-refractivity contribution in [3.05, 3.63) is 24.3 Å². The second-order valence-corrected chi connectivity index (χ2v) is 8.31. The zero-order valence-corrected chi connectivity index (χ0v) is 13.7. The molecular formula is C13H18FNO5S2. The molecule has 2 unspecified atom stereocenters. The number of halogens is 1. The number of hydrogen-bond donors (Lipinski definition) is 1. The maximum atomic E-state index is 12.8. The van der Waals surface area contributed by atoms with Gasteiger partial charge in [-0.15, -0.1) is 3.89 Å². The fourth-order valence-corrected chi connectivity index (χ4v) is 4.28. The molecule has 1 aliphatic rings. The Morgan fingerprint density at radius 1 is 1.09 bits per heavy atom. The van der Waals surface area contributed by atoms with Crippen molar-refractivity contribution in [1.82, 2.24) is 4.72 Å². The third-order valence-corrected chi connectivity index (χ3v) is 6.07. The molecule has 2 atom stereocenters. The van der Waals surface area contributed by atoms with E-state index in [-0.39, 0.29) is 17.0 Å². The van der Waals surface area contributed by atoms with Crippen molar-refractivity contribution < 1.29 is 25.5 Å². The van der Waals surface area contributed by atoms with E-state index in [9.17, 15) is 20.7 Å². The van der Waals surface area contributed by atoms with Crippen LogP contribution in [0.2, 0.25) is 0 Å². The highest BCUT2D eigenvalue weighted by Crippen LogP contribution is 2.23. The van der Waals surface area contributed by atoms with Crippen LogP contribution in [0.15, 0.2) is 34.1 Å². The Hall–Kier alpha value is -1.03. The Balaban J connectivity index is 2.13. The van der Waals surface area contributed by atoms with Gasteiger partial charge in [0, 0.05) is 13.2 Å². The lowest BCUT2D eigenvalue weighted by molar-refractivity contribution is 0.0622. The van der Waals surface area contributed by atoms with Crippen LogP contribution in [0.25, 0.3) is 0 Å². The Morgan fingerprint density at radius 2 is 1.68 bits per heavy atom. The quantitative estimate of drug-likeness (QED) is 0.814. The summed E-state index contributed by atoms with van der Waals surface area (Å²) >= 11 is 0. The van der Waals surface area contributed by atoms with Crippen molar-refractivity contribution >= 4 is 20.2 Å². The van der Waals surface area contributed by atoms with Crippen LogP contribution >= 0.6 is 0 Å². The Bertz CT molecular complexity index is 715. The van der Waals surface area contributed by atoms with Gasteiger partial charge in [0.1, 0.15) is 0 Å². The highest BCUT2D eigenvalue weighted by molar-refractivity contribution is 7.89. The molecule has 1 aromatic carbocycles. The summed E-state index contributed by atoms with van der Waals surface area (Å²) in [6.07, 6.45) is 3.10. The molecule has 124 valence electrons. The third-order valence-electron chi connectivity index (χ3n) is 3.70. The molecule has 1 aliphatic carbocycles. The minimum absolute atomic E-state index is 0.0282. The van der Waals surface area contributed by atoms with E-state index in [0.29, 0.717) is 6.42 Å². The summed E-state index contributed by atoms with van der Waals surface area (Å²) < 4.78 is 66.6. The summed E-state index contributed by atoms with van der Waals surface area (Å²) in [7, 11) is -7.02. The number of rotatable bonds is 5. The summed E-state index contributed by atoms with van der Waals surface area (Å²) in [4.78, 5) is -0.664. The van der Waals surface area contributed by atoms with Gasteiger partial charge in [0.2, 0.25) is 10.0 Å². The lowest BCUT2D eigenvalue weighted by Gasteiger charge is -2.28. The number of nitrogens with one attached hydrogen (secondary N) is 1. The molecule has 0 saturated heterocycles. The topological polar surface area (TPSA) is 89.5 Å². The number of methoxy groups -OCH3 is 1. The second-order valence-electron chi connectivity index (χ2n) is 5.25. The summed E-state index contributed by atoms with van der Waals surface area (Å²) in [5, 5.41) is 0. The zero-order chi connectivity index (χ0) is 16.4. The lowest BCUT2D eigenvalue weighted by atomic mass is 9.94. The summed E-state index contributed by atoms with van der Waals surface area (Å²) in [6.45, 7) is 0. The van der Waals surface area contributed by atoms with Crippen molar-refractivity contribution in [2.45, 2.75) is 47.6 Å². The van der Waals surface area contributed by atoms with Crippen LogP contribution in [0.1, 0.15) is 25.7 Å². The molecule has 1 fully saturated rings. The van der Waals surface area contributed by atoms with Gasteiger partial charge in [-0.05, 0) is 49.9 Å². The highest BCUT2D eigenvalue weighted by atomic mass is 32.3. The average molecular weight is 351 g/mol. The van der Waals surface area contributed by atoms with Gasteiger partial charge in [0.15, 0.2) is 0 Å². The lowest BCUT2D eigenvalue weighted by Crippen LogP contribution is -2.40. The van der Waals surface area contributed by atoms with Crippen LogP contribution in [0, 0.1) is 0 Å². The maximum Gasteiger partial charge on any atom is 0.332 e. The van der Waals surface area contributed by atoms with E-state index in [1.54, 1.807) is 7.11 Å². The molecule has 0 aliphatic heterocycles. The molecule has 0 spiro atoms. The standard InChI is InChI=1S/C13H18FNO5S2/c1-20-11-4-2-3-10(9-11)15-22(18,19)13-7-5-12(6-8-13)21(14,16)17/h5-8,10-11,15H,2-4,9H2,1H3. The maximum absolute atomic E-state index is 12.8. The predicted molar refractivity (Wildman–Crippen MR) is 78.1 cm³/mol. The molecule has 0 radical (unpaired) electrons. The largest absolute Gasteiger partial charge is 0.381 e. The molecule has 1 saturated carbocycles. The second kappa shape index (κ2) is 6.61. The van der Waals surface area contributed by atoms with Gasteiger partial charge >= 0.3 is 10.2 Å². The summed E-state index contributed by atoms with van der Waals surface area (Å²) in [5.41, 5.74) is 0. The molecule has 0 bridgehead atoms. The first-order valence-corrected chi connectivity index (χ1v) is 9.69. The predicted octanol–water partition coefficient (Wildman–Crippen LogP) is 1.58. The molecule has 2 rings (SSSR count). The van der Waals surface area contributed by atoms with Gasteiger partial charge < -0.3 is 4.74 Å². The Labute approximate surface area is 129 Å². The van der Waals surface area contributed by atoms with Crippen LogP contribution in [0.4, 0.5) is 3.89 Å². The van der Waals surface area contributed by atoms with Crippen LogP contribution in [0.3, 0.4) is 0 Å². The van der Waals surface area contributed by atoms with Crippen molar-refractivity contribution in [2.75, 3.05) is 7.11 Å². The first-order chi connectivity index (χ1) is 10.2. The summed E-state index contributed by atoms with van der Waals surface area (Å²) in [6, 6.07) is 3.79. The van der Waals surface area contributed by atoms with E-state index in [1.165, 1.54) is 0 Å². The molecule has 0 amide bonds. The minimum Gasteiger partial charge on any atom is -0.381 e. The third kappa shape index (κ3) is 4.25. The van der Waals surface area contributed by atoms with Gasteiger partial charge in [0.25, 0.3) is 0 Å². The van der Waals surface area contributed by atoms with Crippen molar-refractivity contribution in [1.29, 1.82) is 0 Å². The van der Waals surface area contributed by atoms with Crippen LogP contribution < -0.4 is 4.72 Å². The number of sulfonamides is 1. The van der Waals surface area contributed by atoms with Gasteiger partial charge in [0.05, 0.1) is 15.9 Å². The smallest absolute Gasteiger partial charge is 0.332 e. The van der Waals surface area contributed by atoms with E-state index in [2.05, 4.69) is 4.72 Å². The van der Waals surface area contributed by atoms with Gasteiger partial charge in [-0.25, -0.2) is 13.1 Å². The van der Waals surface area contributed by atoms with Crippen molar-refractivity contribution in [3.8, 4) is 0 Å². The summed E-state index contributed by atoms with van der Waals surface area (Å²) in [5.74, 6) is 0. The number of hydrogen-bond acceptors (Lipinski definition) is 5. The molecular weight excluding hydrogens is 333 g/mol. The Morgan fingerprint density at radius 3 is 2.23 bits per heavy atom. The van der Waals surface area contributed by atoms with Crippen molar-refractivity contribution in [2.24, 2.45) is 0 Å². The minimum atomic E-state index is -4.83. The van der Waals surface area contributed by atoms with Crippen molar-refractivity contribution in [3.63, 3.8) is 0 Å². The van der Waals surface area contributed by atoms with Crippen LogP contribution in [0.5, 0.6) is 0 Å². The van der Waals surface area contributed by atoms with Crippen LogP contribution in [-0.4, -0.2) is 36.1 Å². The molecule has 9 heteroatoms. The molecule has 0 aromatic heterocycles. The zero-order valence-electron chi connectivity index (χ0n) is 12.0. The fourth-order valence-electron chi connectivity index (χ4n) is 2.53. The van der Waals surface area contributed by atoms with E-state index in [4.69, 9.17) is 4.74 Å². The molecule has 22 heavy (non-hydrogen) atoms. The molecule has 6 nitrogen and oxygen atoms in total. The van der Waals surface area contributed by atoms with E-state index in [1.807, 2.05) is 0 Å². The van der Waals surface area contributed by atoms with E-state index >= 15 is 0 Å². The van der Waals surface area contributed by atoms with E-state index in [0.717, 1.165) is 43.5 Å². The first-order valence-electron chi connectivity index (χ1n) is 6.82. The fraction of sp³-hybridized carbons (Fsp3) is 0.538. The first kappa shape index (κ1) is 17.3. The molecule has 1 N–H and O–H groups in total. The van der Waals surface area contributed by atoms with Crippen LogP contribution in [-0.2, 0) is 25.0 Å². The number of benzene rings is 1. The Kier molecular flexibility index (Phi) is 5.21. The monoisotopic (exact) mass is 351 g/mol. The van der Waals surface area contributed by atoms with Gasteiger partial charge in [-0.2, -0.15) is 8.42 Å². The van der Waals surface area contributed by atoms with Gasteiger partial charge in [-0.1, -0.05) is 0 Å². The highest BCUT2D eigenvalue weighted by Gasteiger charge is 2.26. The SMILES string of the molecule is COC1CCCC(NS(=O)(=O)c2ccc(S(=O)(=O)F)cc2)C1.